The van der Waals surface area contributed by atoms with Gasteiger partial charge in [0.05, 0.1) is 19.7 Å². The molecule has 0 aromatic heterocycles. The highest BCUT2D eigenvalue weighted by atomic mass is 79.9. The van der Waals surface area contributed by atoms with Crippen LogP contribution in [0.2, 0.25) is 0 Å². The van der Waals surface area contributed by atoms with Gasteiger partial charge in [0.25, 0.3) is 0 Å². The van der Waals surface area contributed by atoms with E-state index >= 15 is 0 Å². The number of carbonyl (C=O) groups is 3. The molecule has 2 atom stereocenters. The molecule has 1 aliphatic rings. The Hall–Kier alpha value is -3.69. The van der Waals surface area contributed by atoms with Gasteiger partial charge in [0, 0.05) is 16.7 Å². The third kappa shape index (κ3) is 6.99. The van der Waals surface area contributed by atoms with E-state index in [9.17, 15) is 14.4 Å². The van der Waals surface area contributed by atoms with E-state index in [1.165, 1.54) is 12.0 Å². The summed E-state index contributed by atoms with van der Waals surface area (Å²) < 4.78 is 11.1. The molecular weight excluding hydrogens is 550 g/mol. The van der Waals surface area contributed by atoms with Crippen molar-refractivity contribution in [2.45, 2.75) is 31.5 Å². The van der Waals surface area contributed by atoms with Gasteiger partial charge in [-0.3, -0.25) is 19.8 Å². The van der Waals surface area contributed by atoms with E-state index in [1.54, 1.807) is 6.07 Å². The summed E-state index contributed by atoms with van der Waals surface area (Å²) in [5.41, 5.74) is 3.14. The molecule has 8 nitrogen and oxygen atoms in total. The van der Waals surface area contributed by atoms with Crippen molar-refractivity contribution in [3.8, 4) is 0 Å². The first kappa shape index (κ1) is 27.3. The van der Waals surface area contributed by atoms with Gasteiger partial charge in [-0.15, -0.1) is 0 Å². The number of ether oxygens (including phenoxy) is 2. The zero-order valence-corrected chi connectivity index (χ0v) is 22.6. The number of hydrogen-bond acceptors (Lipinski definition) is 6. The Labute approximate surface area is 230 Å². The second-order valence-electron chi connectivity index (χ2n) is 8.91. The van der Waals surface area contributed by atoms with Gasteiger partial charge >= 0.3 is 12.1 Å². The van der Waals surface area contributed by atoms with Crippen molar-refractivity contribution in [3.63, 3.8) is 0 Å². The molecule has 2 N–H and O–H groups in total. The number of halogens is 1. The summed E-state index contributed by atoms with van der Waals surface area (Å²) in [6.07, 6.45) is 0.740. The predicted molar refractivity (Wildman–Crippen MR) is 147 cm³/mol. The Kier molecular flexibility index (Phi) is 9.51. The topological polar surface area (TPSA) is 97.0 Å². The van der Waals surface area contributed by atoms with Gasteiger partial charge in [-0.1, -0.05) is 76.6 Å². The van der Waals surface area contributed by atoms with E-state index in [0.717, 1.165) is 21.2 Å². The number of methoxy groups -OCH3 is 1. The first-order valence-electron chi connectivity index (χ1n) is 12.4. The maximum atomic E-state index is 13.4. The van der Waals surface area contributed by atoms with Gasteiger partial charge in [0.1, 0.15) is 12.6 Å². The molecule has 0 spiro atoms. The molecule has 198 valence electrons. The number of anilines is 1. The number of carbonyl (C=O) groups excluding carboxylic acids is 3. The summed E-state index contributed by atoms with van der Waals surface area (Å²) in [5, 5.41) is 6.27. The van der Waals surface area contributed by atoms with Crippen molar-refractivity contribution in [1.29, 1.82) is 0 Å². The van der Waals surface area contributed by atoms with Crippen LogP contribution in [-0.2, 0) is 25.7 Å². The Bertz CT molecular complexity index is 1260. The van der Waals surface area contributed by atoms with Crippen LogP contribution in [0.15, 0.2) is 83.3 Å². The lowest BCUT2D eigenvalue weighted by Gasteiger charge is -2.26. The summed E-state index contributed by atoms with van der Waals surface area (Å²) in [6.45, 7) is 0.581. The molecule has 1 saturated heterocycles. The van der Waals surface area contributed by atoms with Crippen LogP contribution < -0.4 is 10.6 Å². The molecule has 1 heterocycles. The third-order valence-electron chi connectivity index (χ3n) is 6.39. The monoisotopic (exact) mass is 579 g/mol. The number of likely N-dealkylation sites (tertiary alicyclic amines) is 1. The molecule has 38 heavy (non-hydrogen) atoms. The Morgan fingerprint density at radius 2 is 1.74 bits per heavy atom. The van der Waals surface area contributed by atoms with Crippen molar-refractivity contribution >= 4 is 39.6 Å². The Morgan fingerprint density at radius 3 is 2.45 bits per heavy atom. The molecule has 3 aromatic rings. The molecule has 0 aliphatic carbocycles. The van der Waals surface area contributed by atoms with Crippen LogP contribution in [0.5, 0.6) is 0 Å². The van der Waals surface area contributed by atoms with Crippen LogP contribution in [-0.4, -0.2) is 49.1 Å². The average Bonchev–Trinajstić information content (AvgIpc) is 3.44. The second-order valence-corrected chi connectivity index (χ2v) is 9.83. The minimum absolute atomic E-state index is 0.0143. The van der Waals surface area contributed by atoms with Crippen molar-refractivity contribution in [3.05, 3.63) is 100 Å². The Balaban J connectivity index is 1.52. The normalized spacial score (nSPS) is 15.5. The maximum Gasteiger partial charge on any atom is 0.410 e. The average molecular weight is 580 g/mol. The molecular formula is C29H30BrN3O5. The number of amides is 2. The van der Waals surface area contributed by atoms with Crippen molar-refractivity contribution in [2.24, 2.45) is 0 Å². The summed E-state index contributed by atoms with van der Waals surface area (Å²) >= 11 is 3.53. The van der Waals surface area contributed by atoms with E-state index in [0.29, 0.717) is 25.1 Å². The van der Waals surface area contributed by atoms with Crippen LogP contribution in [0, 0.1) is 0 Å². The van der Waals surface area contributed by atoms with Crippen LogP contribution in [0.4, 0.5) is 10.5 Å². The van der Waals surface area contributed by atoms with Crippen LogP contribution in [0.3, 0.4) is 0 Å². The third-order valence-corrected chi connectivity index (χ3v) is 6.88. The summed E-state index contributed by atoms with van der Waals surface area (Å²) in [7, 11) is 1.34. The lowest BCUT2D eigenvalue weighted by molar-refractivity contribution is -0.139. The molecule has 4 rings (SSSR count). The lowest BCUT2D eigenvalue weighted by Crippen LogP contribution is -2.43. The summed E-state index contributed by atoms with van der Waals surface area (Å²) in [6, 6.07) is 23.6. The standard InChI is InChI=1S/C29H30BrN3O5/c1-37-26(34)18-31-27(21-11-6-3-7-12-21)23-17-22(30)14-15-24(23)32-28(35)25-13-8-16-33(25)29(36)38-19-20-9-4-2-5-10-20/h2-7,9-12,14-15,17,25,27,31H,8,13,16,18-19H2,1H3,(H,32,35)/t25-,27-/m1/s1. The first-order valence-corrected chi connectivity index (χ1v) is 13.2. The lowest BCUT2D eigenvalue weighted by atomic mass is 9.96. The molecule has 1 fully saturated rings. The van der Waals surface area contributed by atoms with Gasteiger partial charge in [-0.25, -0.2) is 4.79 Å². The zero-order valence-electron chi connectivity index (χ0n) is 21.1. The van der Waals surface area contributed by atoms with Gasteiger partial charge in [0.15, 0.2) is 0 Å². The number of nitrogens with zero attached hydrogens (tertiary/aromatic N) is 1. The quantitative estimate of drug-likeness (QED) is 0.345. The fraction of sp³-hybridized carbons (Fsp3) is 0.276. The molecule has 9 heteroatoms. The number of nitrogens with one attached hydrogen (secondary N) is 2. The first-order chi connectivity index (χ1) is 18.5. The molecule has 0 bridgehead atoms. The predicted octanol–water partition coefficient (Wildman–Crippen LogP) is 5.04. The fourth-order valence-electron chi connectivity index (χ4n) is 4.47. The van der Waals surface area contributed by atoms with Crippen molar-refractivity contribution in [1.82, 2.24) is 10.2 Å². The van der Waals surface area contributed by atoms with Crippen molar-refractivity contribution in [2.75, 3.05) is 25.5 Å². The largest absolute Gasteiger partial charge is 0.468 e. The minimum atomic E-state index is -0.645. The summed E-state index contributed by atoms with van der Waals surface area (Å²) in [4.78, 5) is 39.7. The second kappa shape index (κ2) is 13.2. The van der Waals surface area contributed by atoms with Gasteiger partial charge in [0.2, 0.25) is 5.91 Å². The van der Waals surface area contributed by atoms with Crippen molar-refractivity contribution < 1.29 is 23.9 Å². The van der Waals surface area contributed by atoms with Crippen LogP contribution >= 0.6 is 15.9 Å². The van der Waals surface area contributed by atoms with E-state index in [1.807, 2.05) is 72.8 Å². The summed E-state index contributed by atoms with van der Waals surface area (Å²) in [5.74, 6) is -0.690. The highest BCUT2D eigenvalue weighted by molar-refractivity contribution is 9.10. The van der Waals surface area contributed by atoms with Crippen LogP contribution in [0.25, 0.3) is 0 Å². The fourth-order valence-corrected chi connectivity index (χ4v) is 4.85. The van der Waals surface area contributed by atoms with E-state index in [-0.39, 0.29) is 19.1 Å². The van der Waals surface area contributed by atoms with Crippen LogP contribution in [0.1, 0.15) is 35.6 Å². The molecule has 2 amide bonds. The molecule has 0 saturated carbocycles. The highest BCUT2D eigenvalue weighted by Crippen LogP contribution is 2.32. The number of benzene rings is 3. The molecule has 0 unspecified atom stereocenters. The number of rotatable bonds is 9. The molecule has 0 radical (unpaired) electrons. The van der Waals surface area contributed by atoms with Gasteiger partial charge in [-0.05, 0) is 47.7 Å². The smallest absolute Gasteiger partial charge is 0.410 e. The van der Waals surface area contributed by atoms with Gasteiger partial charge < -0.3 is 14.8 Å². The Morgan fingerprint density at radius 1 is 1.03 bits per heavy atom. The number of esters is 1. The SMILES string of the molecule is COC(=O)CN[C@H](c1ccccc1)c1cc(Br)ccc1NC(=O)[C@H]1CCCN1C(=O)OCc1ccccc1. The van der Waals surface area contributed by atoms with E-state index in [4.69, 9.17) is 9.47 Å². The number of hydrogen-bond donors (Lipinski definition) is 2. The van der Waals surface area contributed by atoms with E-state index < -0.39 is 24.1 Å². The van der Waals surface area contributed by atoms with Gasteiger partial charge in [-0.2, -0.15) is 0 Å². The highest BCUT2D eigenvalue weighted by Gasteiger charge is 2.35. The molecule has 1 aliphatic heterocycles. The molecule has 3 aromatic carbocycles. The van der Waals surface area contributed by atoms with E-state index in [2.05, 4.69) is 26.6 Å². The minimum Gasteiger partial charge on any atom is -0.468 e. The zero-order chi connectivity index (χ0) is 26.9. The maximum absolute atomic E-state index is 13.4.